The second-order valence-electron chi connectivity index (χ2n) is 7.31. The molecule has 0 aliphatic carbocycles. The minimum absolute atomic E-state index is 0.138. The lowest BCUT2D eigenvalue weighted by Gasteiger charge is -2.35. The SMILES string of the molecule is Oc1ccc(C2NC(c3ccc(O)cc3)c3c(O)ccc4ccc(O)c2c34)cc1. The molecule has 4 aromatic rings. The van der Waals surface area contributed by atoms with Crippen molar-refractivity contribution in [3.05, 3.63) is 95.1 Å². The Bertz CT molecular complexity index is 1120. The molecule has 5 rings (SSSR count). The molecule has 5 heteroatoms. The first kappa shape index (κ1) is 17.4. The van der Waals surface area contributed by atoms with Crippen LogP contribution < -0.4 is 5.32 Å². The van der Waals surface area contributed by atoms with Crippen molar-refractivity contribution in [1.29, 1.82) is 0 Å². The molecular formula is C24H19NO4. The average Bonchev–Trinajstić information content (AvgIpc) is 2.73. The van der Waals surface area contributed by atoms with Gasteiger partial charge in [-0.15, -0.1) is 0 Å². The Kier molecular flexibility index (Phi) is 3.86. The summed E-state index contributed by atoms with van der Waals surface area (Å²) in [6, 6.07) is 20.0. The Hall–Kier alpha value is -3.70. The molecule has 29 heavy (non-hydrogen) atoms. The van der Waals surface area contributed by atoms with Gasteiger partial charge in [0.15, 0.2) is 0 Å². The van der Waals surface area contributed by atoms with Crippen LogP contribution in [0.1, 0.15) is 34.3 Å². The summed E-state index contributed by atoms with van der Waals surface area (Å²) < 4.78 is 0. The third-order valence-corrected chi connectivity index (χ3v) is 5.58. The van der Waals surface area contributed by atoms with Crippen molar-refractivity contribution in [2.75, 3.05) is 0 Å². The van der Waals surface area contributed by atoms with Gasteiger partial charge in [0, 0.05) is 11.1 Å². The van der Waals surface area contributed by atoms with Gasteiger partial charge < -0.3 is 20.4 Å². The molecule has 1 aliphatic rings. The summed E-state index contributed by atoms with van der Waals surface area (Å²) in [6.45, 7) is 0. The number of aromatic hydroxyl groups is 4. The molecule has 0 saturated heterocycles. The third-order valence-electron chi connectivity index (χ3n) is 5.58. The topological polar surface area (TPSA) is 93.0 Å². The number of rotatable bonds is 2. The molecule has 144 valence electrons. The van der Waals surface area contributed by atoms with Gasteiger partial charge in [0.05, 0.1) is 12.1 Å². The second-order valence-corrected chi connectivity index (χ2v) is 7.31. The maximum Gasteiger partial charge on any atom is 0.121 e. The van der Waals surface area contributed by atoms with Gasteiger partial charge in [-0.3, -0.25) is 5.32 Å². The van der Waals surface area contributed by atoms with Crippen LogP contribution in [0.5, 0.6) is 23.0 Å². The van der Waals surface area contributed by atoms with E-state index >= 15 is 0 Å². The van der Waals surface area contributed by atoms with Gasteiger partial charge in [-0.2, -0.15) is 0 Å². The smallest absolute Gasteiger partial charge is 0.121 e. The second kappa shape index (κ2) is 6.43. The fraction of sp³-hybridized carbons (Fsp3) is 0.0833. The minimum Gasteiger partial charge on any atom is -0.508 e. The molecule has 0 amide bonds. The van der Waals surface area contributed by atoms with E-state index in [1.54, 1.807) is 36.4 Å². The Morgan fingerprint density at radius 3 is 1.34 bits per heavy atom. The van der Waals surface area contributed by atoms with Crippen molar-refractivity contribution < 1.29 is 20.4 Å². The molecule has 5 N–H and O–H groups in total. The van der Waals surface area contributed by atoms with E-state index in [-0.39, 0.29) is 35.1 Å². The maximum absolute atomic E-state index is 10.7. The van der Waals surface area contributed by atoms with E-state index in [1.165, 1.54) is 0 Å². The van der Waals surface area contributed by atoms with Crippen LogP contribution in [-0.4, -0.2) is 20.4 Å². The number of phenols is 4. The van der Waals surface area contributed by atoms with Gasteiger partial charge in [-0.1, -0.05) is 36.4 Å². The zero-order valence-corrected chi connectivity index (χ0v) is 15.4. The number of phenolic OH excluding ortho intramolecular Hbond substituents is 4. The molecule has 0 fully saturated rings. The van der Waals surface area contributed by atoms with E-state index in [2.05, 4.69) is 5.32 Å². The highest BCUT2D eigenvalue weighted by Gasteiger charge is 2.34. The summed E-state index contributed by atoms with van der Waals surface area (Å²) in [7, 11) is 0. The molecule has 5 nitrogen and oxygen atoms in total. The zero-order chi connectivity index (χ0) is 20.1. The predicted molar refractivity (Wildman–Crippen MR) is 110 cm³/mol. The number of hydrogen-bond acceptors (Lipinski definition) is 5. The molecule has 0 aromatic heterocycles. The molecule has 2 atom stereocenters. The third kappa shape index (κ3) is 2.75. The standard InChI is InChI=1S/C24H19NO4/c26-16-7-1-14(2-8-16)23-21-18(28)11-5-13-6-12-19(29)22(20(13)21)24(25-23)15-3-9-17(27)10-4-15/h1-12,23-29H. The van der Waals surface area contributed by atoms with E-state index in [0.29, 0.717) is 11.1 Å². The quantitative estimate of drug-likeness (QED) is 0.352. The Morgan fingerprint density at radius 2 is 0.931 bits per heavy atom. The van der Waals surface area contributed by atoms with Crippen molar-refractivity contribution in [3.8, 4) is 23.0 Å². The van der Waals surface area contributed by atoms with E-state index in [0.717, 1.165) is 21.9 Å². The van der Waals surface area contributed by atoms with Crippen LogP contribution in [0.2, 0.25) is 0 Å². The van der Waals surface area contributed by atoms with Gasteiger partial charge in [0.2, 0.25) is 0 Å². The first-order valence-corrected chi connectivity index (χ1v) is 9.34. The van der Waals surface area contributed by atoms with Gasteiger partial charge in [0.1, 0.15) is 23.0 Å². The maximum atomic E-state index is 10.7. The summed E-state index contributed by atoms with van der Waals surface area (Å²) in [5.74, 6) is 0.610. The van der Waals surface area contributed by atoms with Gasteiger partial charge in [0.25, 0.3) is 0 Å². The van der Waals surface area contributed by atoms with Crippen molar-refractivity contribution in [2.45, 2.75) is 12.1 Å². The van der Waals surface area contributed by atoms with E-state index < -0.39 is 0 Å². The summed E-state index contributed by atoms with van der Waals surface area (Å²) in [4.78, 5) is 0. The molecule has 1 heterocycles. The van der Waals surface area contributed by atoms with Crippen LogP contribution in [0.15, 0.2) is 72.8 Å². The molecule has 2 unspecified atom stereocenters. The average molecular weight is 385 g/mol. The van der Waals surface area contributed by atoms with Crippen LogP contribution in [0.4, 0.5) is 0 Å². The van der Waals surface area contributed by atoms with E-state index in [1.807, 2.05) is 36.4 Å². The normalized spacial score (nSPS) is 18.1. The van der Waals surface area contributed by atoms with Crippen LogP contribution in [0.25, 0.3) is 10.8 Å². The lowest BCUT2D eigenvalue weighted by molar-refractivity contribution is 0.432. The Labute approximate surface area is 167 Å². The van der Waals surface area contributed by atoms with Crippen molar-refractivity contribution in [1.82, 2.24) is 5.32 Å². The fourth-order valence-corrected chi connectivity index (χ4v) is 4.23. The van der Waals surface area contributed by atoms with Gasteiger partial charge in [-0.25, -0.2) is 0 Å². The largest absolute Gasteiger partial charge is 0.508 e. The summed E-state index contributed by atoms with van der Waals surface area (Å²) in [6.07, 6.45) is 0. The highest BCUT2D eigenvalue weighted by atomic mass is 16.3. The van der Waals surface area contributed by atoms with Crippen LogP contribution >= 0.6 is 0 Å². The molecule has 1 aliphatic heterocycles. The highest BCUT2D eigenvalue weighted by Crippen LogP contribution is 2.48. The lowest BCUT2D eigenvalue weighted by Crippen LogP contribution is -2.32. The Balaban J connectivity index is 1.82. The number of benzene rings is 4. The minimum atomic E-state index is -0.354. The van der Waals surface area contributed by atoms with Crippen molar-refractivity contribution in [2.24, 2.45) is 0 Å². The fourth-order valence-electron chi connectivity index (χ4n) is 4.23. The van der Waals surface area contributed by atoms with E-state index in [4.69, 9.17) is 0 Å². The summed E-state index contributed by atoms with van der Waals surface area (Å²) in [5, 5.41) is 46.1. The first-order valence-electron chi connectivity index (χ1n) is 9.34. The van der Waals surface area contributed by atoms with Gasteiger partial charge in [-0.05, 0) is 58.3 Å². The molecule has 4 aromatic carbocycles. The molecule has 0 radical (unpaired) electrons. The molecule has 0 spiro atoms. The monoisotopic (exact) mass is 385 g/mol. The van der Waals surface area contributed by atoms with Crippen LogP contribution in [-0.2, 0) is 0 Å². The van der Waals surface area contributed by atoms with Crippen LogP contribution in [0, 0.1) is 0 Å². The number of hydrogen-bond donors (Lipinski definition) is 5. The Morgan fingerprint density at radius 1 is 0.517 bits per heavy atom. The van der Waals surface area contributed by atoms with Crippen LogP contribution in [0.3, 0.4) is 0 Å². The van der Waals surface area contributed by atoms with Gasteiger partial charge >= 0.3 is 0 Å². The molecular weight excluding hydrogens is 366 g/mol. The summed E-state index contributed by atoms with van der Waals surface area (Å²) >= 11 is 0. The first-order chi connectivity index (χ1) is 14.0. The lowest BCUT2D eigenvalue weighted by atomic mass is 9.81. The number of nitrogens with one attached hydrogen (secondary N) is 1. The highest BCUT2D eigenvalue weighted by molar-refractivity contribution is 5.95. The summed E-state index contributed by atoms with van der Waals surface area (Å²) in [5.41, 5.74) is 3.13. The van der Waals surface area contributed by atoms with Crippen molar-refractivity contribution >= 4 is 10.8 Å². The molecule has 0 bridgehead atoms. The van der Waals surface area contributed by atoms with E-state index in [9.17, 15) is 20.4 Å². The van der Waals surface area contributed by atoms with Crippen molar-refractivity contribution in [3.63, 3.8) is 0 Å². The molecule has 0 saturated carbocycles. The predicted octanol–water partition coefficient (Wildman–Crippen LogP) is 4.44. The zero-order valence-electron chi connectivity index (χ0n) is 15.4.